The maximum Gasteiger partial charge on any atom is 0.269 e. The van der Waals surface area contributed by atoms with Gasteiger partial charge in [0.1, 0.15) is 15.5 Å². The molecule has 0 aliphatic carbocycles. The van der Waals surface area contributed by atoms with E-state index in [1.807, 2.05) is 6.92 Å². The Morgan fingerprint density at radius 1 is 1.42 bits per heavy atom. The van der Waals surface area contributed by atoms with E-state index in [0.717, 1.165) is 12.2 Å². The van der Waals surface area contributed by atoms with Crippen LogP contribution in [0.15, 0.2) is 18.3 Å². The van der Waals surface area contributed by atoms with Crippen LogP contribution in [0.2, 0.25) is 0 Å². The van der Waals surface area contributed by atoms with Crippen LogP contribution in [0.5, 0.6) is 0 Å². The molecule has 0 radical (unpaired) electrons. The van der Waals surface area contributed by atoms with Gasteiger partial charge in [-0.25, -0.2) is 8.42 Å². The highest BCUT2D eigenvalue weighted by Gasteiger charge is 2.08. The van der Waals surface area contributed by atoms with E-state index in [2.05, 4.69) is 15.6 Å². The first-order valence-electron chi connectivity index (χ1n) is 6.08. The molecule has 0 atom stereocenters. The lowest BCUT2D eigenvalue weighted by Crippen LogP contribution is -2.26. The van der Waals surface area contributed by atoms with E-state index in [4.69, 9.17) is 0 Å². The van der Waals surface area contributed by atoms with Crippen molar-refractivity contribution < 1.29 is 13.2 Å². The highest BCUT2D eigenvalue weighted by Crippen LogP contribution is 2.07. The van der Waals surface area contributed by atoms with Gasteiger partial charge in [-0.15, -0.1) is 0 Å². The number of anilines is 1. The second kappa shape index (κ2) is 7.08. The van der Waals surface area contributed by atoms with Crippen LogP contribution in [0, 0.1) is 0 Å². The van der Waals surface area contributed by atoms with Crippen LogP contribution >= 0.6 is 0 Å². The van der Waals surface area contributed by atoms with Gasteiger partial charge in [-0.1, -0.05) is 0 Å². The molecule has 0 spiro atoms. The largest absolute Gasteiger partial charge is 0.385 e. The van der Waals surface area contributed by atoms with Crippen molar-refractivity contribution in [3.05, 3.63) is 24.0 Å². The van der Waals surface area contributed by atoms with Crippen LogP contribution in [-0.4, -0.2) is 44.4 Å². The summed E-state index contributed by atoms with van der Waals surface area (Å²) in [6, 6.07) is 3.44. The number of nitrogens with zero attached hydrogens (tertiary/aromatic N) is 1. The Bertz CT molecular complexity index is 529. The second-order valence-electron chi connectivity index (χ2n) is 4.20. The molecule has 1 heterocycles. The van der Waals surface area contributed by atoms with Crippen LogP contribution in [-0.2, 0) is 9.84 Å². The van der Waals surface area contributed by atoms with Gasteiger partial charge in [0.05, 0.1) is 5.75 Å². The molecule has 1 rings (SSSR count). The molecular formula is C12H19N3O3S. The van der Waals surface area contributed by atoms with Gasteiger partial charge in [-0.05, 0) is 25.5 Å². The first kappa shape index (κ1) is 15.4. The molecule has 0 aliphatic heterocycles. The average molecular weight is 285 g/mol. The topological polar surface area (TPSA) is 88.2 Å². The van der Waals surface area contributed by atoms with Crippen LogP contribution in [0.4, 0.5) is 5.69 Å². The molecule has 7 heteroatoms. The molecule has 0 fully saturated rings. The van der Waals surface area contributed by atoms with Crippen LogP contribution in [0.3, 0.4) is 0 Å². The third-order valence-corrected chi connectivity index (χ3v) is 3.38. The van der Waals surface area contributed by atoms with E-state index >= 15 is 0 Å². The minimum Gasteiger partial charge on any atom is -0.385 e. The van der Waals surface area contributed by atoms with Gasteiger partial charge in [-0.3, -0.25) is 9.78 Å². The highest BCUT2D eigenvalue weighted by atomic mass is 32.2. The summed E-state index contributed by atoms with van der Waals surface area (Å²) in [5.41, 5.74) is 1.15. The van der Waals surface area contributed by atoms with Gasteiger partial charge in [0, 0.05) is 31.2 Å². The number of amides is 1. The van der Waals surface area contributed by atoms with Gasteiger partial charge in [0.25, 0.3) is 5.91 Å². The smallest absolute Gasteiger partial charge is 0.269 e. The maximum atomic E-state index is 11.8. The maximum absolute atomic E-state index is 11.8. The summed E-state index contributed by atoms with van der Waals surface area (Å²) in [6.07, 6.45) is 3.14. The predicted octanol–water partition coefficient (Wildman–Crippen LogP) is 0.678. The van der Waals surface area contributed by atoms with Crippen LogP contribution in [0.1, 0.15) is 23.8 Å². The van der Waals surface area contributed by atoms with Crippen molar-refractivity contribution in [3.8, 4) is 0 Å². The number of rotatable bonds is 7. The molecule has 6 nitrogen and oxygen atoms in total. The van der Waals surface area contributed by atoms with Gasteiger partial charge in [0.15, 0.2) is 0 Å². The van der Waals surface area contributed by atoms with Gasteiger partial charge >= 0.3 is 0 Å². The predicted molar refractivity (Wildman–Crippen MR) is 75.1 cm³/mol. The molecule has 1 amide bonds. The fourth-order valence-electron chi connectivity index (χ4n) is 1.50. The molecule has 0 aliphatic rings. The van der Waals surface area contributed by atoms with Crippen LogP contribution < -0.4 is 10.6 Å². The summed E-state index contributed by atoms with van der Waals surface area (Å²) in [5.74, 6) is -0.230. The Morgan fingerprint density at radius 3 is 2.79 bits per heavy atom. The quantitative estimate of drug-likeness (QED) is 0.719. The highest BCUT2D eigenvalue weighted by molar-refractivity contribution is 7.90. The van der Waals surface area contributed by atoms with Crippen molar-refractivity contribution in [1.29, 1.82) is 0 Å². The lowest BCUT2D eigenvalue weighted by atomic mass is 10.3. The number of pyridine rings is 1. The Balaban J connectivity index is 2.47. The molecule has 0 saturated heterocycles. The van der Waals surface area contributed by atoms with Crippen molar-refractivity contribution in [2.45, 2.75) is 13.3 Å². The molecule has 106 valence electrons. The molecular weight excluding hydrogens is 266 g/mol. The summed E-state index contributed by atoms with van der Waals surface area (Å²) < 4.78 is 21.9. The minimum absolute atomic E-state index is 0.0676. The summed E-state index contributed by atoms with van der Waals surface area (Å²) in [7, 11) is -2.98. The molecule has 2 N–H and O–H groups in total. The second-order valence-corrected chi connectivity index (χ2v) is 6.46. The Kier molecular flexibility index (Phi) is 5.75. The molecule has 19 heavy (non-hydrogen) atoms. The van der Waals surface area contributed by atoms with E-state index in [-0.39, 0.29) is 11.7 Å². The van der Waals surface area contributed by atoms with E-state index in [0.29, 0.717) is 18.7 Å². The summed E-state index contributed by atoms with van der Waals surface area (Å²) in [4.78, 5) is 15.8. The SMILES string of the molecule is CCNc1ccnc(C(=O)NCCCS(C)(=O)=O)c1. The first-order chi connectivity index (χ1) is 8.92. The number of carbonyl (C=O) groups is 1. The van der Waals surface area contributed by atoms with Crippen molar-refractivity contribution in [2.75, 3.05) is 30.4 Å². The van der Waals surface area contributed by atoms with E-state index in [1.54, 1.807) is 18.3 Å². The number of sulfone groups is 1. The summed E-state index contributed by atoms with van der Waals surface area (Å²) in [6.45, 7) is 3.05. The van der Waals surface area contributed by atoms with Gasteiger partial charge in [0.2, 0.25) is 0 Å². The van der Waals surface area contributed by atoms with Crippen molar-refractivity contribution >= 4 is 21.4 Å². The van der Waals surface area contributed by atoms with E-state index in [1.165, 1.54) is 6.26 Å². The lowest BCUT2D eigenvalue weighted by molar-refractivity contribution is 0.0949. The van der Waals surface area contributed by atoms with Crippen molar-refractivity contribution in [3.63, 3.8) is 0 Å². The monoisotopic (exact) mass is 285 g/mol. The standard InChI is InChI=1S/C12H19N3O3S/c1-3-13-10-5-7-14-11(9-10)12(16)15-6-4-8-19(2,17)18/h5,7,9H,3-4,6,8H2,1-2H3,(H,13,14)(H,15,16). The van der Waals surface area contributed by atoms with E-state index < -0.39 is 9.84 Å². The number of hydrogen-bond acceptors (Lipinski definition) is 5. The van der Waals surface area contributed by atoms with Gasteiger partial charge in [-0.2, -0.15) is 0 Å². The summed E-state index contributed by atoms with van der Waals surface area (Å²) >= 11 is 0. The first-order valence-corrected chi connectivity index (χ1v) is 8.14. The number of nitrogens with one attached hydrogen (secondary N) is 2. The fraction of sp³-hybridized carbons (Fsp3) is 0.500. The normalized spacial score (nSPS) is 11.1. The molecule has 0 saturated carbocycles. The Hall–Kier alpha value is -1.63. The van der Waals surface area contributed by atoms with Crippen molar-refractivity contribution in [2.24, 2.45) is 0 Å². The van der Waals surface area contributed by atoms with Crippen molar-refractivity contribution in [1.82, 2.24) is 10.3 Å². The fourth-order valence-corrected chi connectivity index (χ4v) is 2.16. The average Bonchev–Trinajstić information content (AvgIpc) is 2.34. The zero-order valence-corrected chi connectivity index (χ0v) is 12.0. The minimum atomic E-state index is -2.98. The van der Waals surface area contributed by atoms with E-state index in [9.17, 15) is 13.2 Å². The number of aromatic nitrogens is 1. The Labute approximate surface area is 113 Å². The number of hydrogen-bond donors (Lipinski definition) is 2. The molecule has 1 aromatic heterocycles. The zero-order valence-electron chi connectivity index (χ0n) is 11.1. The van der Waals surface area contributed by atoms with Gasteiger partial charge < -0.3 is 10.6 Å². The zero-order chi connectivity index (χ0) is 14.3. The molecule has 0 bridgehead atoms. The third-order valence-electron chi connectivity index (χ3n) is 2.35. The van der Waals surface area contributed by atoms with Crippen LogP contribution in [0.25, 0.3) is 0 Å². The Morgan fingerprint density at radius 2 is 2.16 bits per heavy atom. The molecule has 0 aromatic carbocycles. The third kappa shape index (κ3) is 6.19. The lowest BCUT2D eigenvalue weighted by Gasteiger charge is -2.06. The summed E-state index contributed by atoms with van der Waals surface area (Å²) in [5, 5.41) is 5.74. The molecule has 1 aromatic rings. The number of carbonyl (C=O) groups excluding carboxylic acids is 1. The molecule has 0 unspecified atom stereocenters.